The van der Waals surface area contributed by atoms with E-state index in [9.17, 15) is 5.11 Å². The second kappa shape index (κ2) is 7.86. The standard InChI is InChI=1S/C30H28BrNO/c1-29(2)24-12-8-9-13-27(24)32(22-10-6-5-7-11-22)28-17-14-20(18-26(28)29)23-16-15-21(31)19-25(23)30(3,4)33/h5-19,33H,1-4H3. The number of hydrogen-bond acceptors (Lipinski definition) is 2. The fourth-order valence-electron chi connectivity index (χ4n) is 5.00. The van der Waals surface area contributed by atoms with Crippen LogP contribution in [0.1, 0.15) is 44.4 Å². The Labute approximate surface area is 204 Å². The normalized spacial score (nSPS) is 14.5. The summed E-state index contributed by atoms with van der Waals surface area (Å²) in [5, 5.41) is 10.9. The van der Waals surface area contributed by atoms with Crippen LogP contribution in [0.25, 0.3) is 11.1 Å². The van der Waals surface area contributed by atoms with Gasteiger partial charge in [-0.15, -0.1) is 0 Å². The zero-order chi connectivity index (χ0) is 23.4. The predicted octanol–water partition coefficient (Wildman–Crippen LogP) is 8.45. The largest absolute Gasteiger partial charge is 0.386 e. The summed E-state index contributed by atoms with van der Waals surface area (Å²) < 4.78 is 0.964. The van der Waals surface area contributed by atoms with E-state index in [-0.39, 0.29) is 5.41 Å². The van der Waals surface area contributed by atoms with Crippen molar-refractivity contribution < 1.29 is 5.11 Å². The van der Waals surface area contributed by atoms with Crippen LogP contribution < -0.4 is 4.90 Å². The first kappa shape index (κ1) is 21.9. The molecule has 33 heavy (non-hydrogen) atoms. The molecule has 5 rings (SSSR count). The average molecular weight is 498 g/mol. The molecule has 0 atom stereocenters. The highest BCUT2D eigenvalue weighted by Gasteiger charge is 2.37. The van der Waals surface area contributed by atoms with Crippen molar-refractivity contribution in [2.75, 3.05) is 4.90 Å². The van der Waals surface area contributed by atoms with Crippen LogP contribution in [0.4, 0.5) is 17.1 Å². The van der Waals surface area contributed by atoms with Crippen LogP contribution in [0.5, 0.6) is 0 Å². The molecule has 0 spiro atoms. The first-order valence-corrected chi connectivity index (χ1v) is 12.1. The Hall–Kier alpha value is -2.88. The molecular formula is C30H28BrNO. The number of halogens is 1. The zero-order valence-corrected chi connectivity index (χ0v) is 21.0. The Morgan fingerprint density at radius 1 is 0.758 bits per heavy atom. The molecule has 1 aliphatic heterocycles. The summed E-state index contributed by atoms with van der Waals surface area (Å²) in [7, 11) is 0. The zero-order valence-electron chi connectivity index (χ0n) is 19.4. The van der Waals surface area contributed by atoms with E-state index in [2.05, 4.69) is 114 Å². The number of hydrogen-bond donors (Lipinski definition) is 1. The van der Waals surface area contributed by atoms with Crippen molar-refractivity contribution in [2.24, 2.45) is 0 Å². The quantitative estimate of drug-likeness (QED) is 0.306. The van der Waals surface area contributed by atoms with Gasteiger partial charge >= 0.3 is 0 Å². The highest BCUT2D eigenvalue weighted by Crippen LogP contribution is 2.52. The second-order valence-electron chi connectivity index (χ2n) is 9.79. The molecule has 0 saturated heterocycles. The Balaban J connectivity index is 1.76. The van der Waals surface area contributed by atoms with Crippen molar-refractivity contribution in [1.29, 1.82) is 0 Å². The molecule has 1 N–H and O–H groups in total. The third-order valence-electron chi connectivity index (χ3n) is 6.70. The molecular weight excluding hydrogens is 470 g/mol. The Morgan fingerprint density at radius 2 is 1.42 bits per heavy atom. The molecule has 0 fully saturated rings. The van der Waals surface area contributed by atoms with E-state index in [1.54, 1.807) is 0 Å². The van der Waals surface area contributed by atoms with Gasteiger partial charge in [-0.25, -0.2) is 0 Å². The number of anilines is 3. The van der Waals surface area contributed by atoms with Crippen molar-refractivity contribution >= 4 is 33.0 Å². The maximum absolute atomic E-state index is 10.9. The highest BCUT2D eigenvalue weighted by atomic mass is 79.9. The monoisotopic (exact) mass is 497 g/mol. The van der Waals surface area contributed by atoms with Gasteiger partial charge in [0.1, 0.15) is 0 Å². The lowest BCUT2D eigenvalue weighted by atomic mass is 9.72. The minimum absolute atomic E-state index is 0.169. The van der Waals surface area contributed by atoms with Crippen LogP contribution in [0.3, 0.4) is 0 Å². The number of benzene rings is 4. The van der Waals surface area contributed by atoms with Gasteiger partial charge in [0, 0.05) is 15.6 Å². The van der Waals surface area contributed by atoms with Gasteiger partial charge in [0.25, 0.3) is 0 Å². The molecule has 3 heteroatoms. The molecule has 0 radical (unpaired) electrons. The SMILES string of the molecule is CC(C)(O)c1cc(Br)ccc1-c1ccc2c(c1)C(C)(C)c1ccccc1N2c1ccccc1. The lowest BCUT2D eigenvalue weighted by molar-refractivity contribution is 0.0791. The van der Waals surface area contributed by atoms with Crippen molar-refractivity contribution in [3.8, 4) is 11.1 Å². The smallest absolute Gasteiger partial charge is 0.0846 e. The van der Waals surface area contributed by atoms with Gasteiger partial charge in [0.05, 0.1) is 17.0 Å². The van der Waals surface area contributed by atoms with E-state index in [1.807, 2.05) is 26.0 Å². The number of fused-ring (bicyclic) bond motifs is 2. The second-order valence-corrected chi connectivity index (χ2v) is 10.7. The van der Waals surface area contributed by atoms with Crippen molar-refractivity contribution in [2.45, 2.75) is 38.7 Å². The predicted molar refractivity (Wildman–Crippen MR) is 142 cm³/mol. The maximum Gasteiger partial charge on any atom is 0.0846 e. The average Bonchev–Trinajstić information content (AvgIpc) is 2.79. The highest BCUT2D eigenvalue weighted by molar-refractivity contribution is 9.10. The van der Waals surface area contributed by atoms with Crippen LogP contribution in [0.15, 0.2) is 95.5 Å². The van der Waals surface area contributed by atoms with Gasteiger partial charge in [-0.3, -0.25) is 0 Å². The van der Waals surface area contributed by atoms with Crippen LogP contribution >= 0.6 is 15.9 Å². The van der Waals surface area contributed by atoms with Crippen LogP contribution in [-0.2, 0) is 11.0 Å². The summed E-state index contributed by atoms with van der Waals surface area (Å²) in [4.78, 5) is 2.36. The minimum atomic E-state index is -0.951. The lowest BCUT2D eigenvalue weighted by Gasteiger charge is -2.42. The number of para-hydroxylation sites is 2. The molecule has 166 valence electrons. The lowest BCUT2D eigenvalue weighted by Crippen LogP contribution is -2.30. The Morgan fingerprint density at radius 3 is 2.15 bits per heavy atom. The van der Waals surface area contributed by atoms with E-state index in [4.69, 9.17) is 0 Å². The third-order valence-corrected chi connectivity index (χ3v) is 7.19. The van der Waals surface area contributed by atoms with Crippen molar-refractivity contribution in [3.63, 3.8) is 0 Å². The minimum Gasteiger partial charge on any atom is -0.386 e. The molecule has 0 bridgehead atoms. The van der Waals surface area contributed by atoms with Crippen LogP contribution in [0.2, 0.25) is 0 Å². The molecule has 1 aliphatic rings. The summed E-state index contributed by atoms with van der Waals surface area (Å²) >= 11 is 3.57. The number of nitrogens with zero attached hydrogens (tertiary/aromatic N) is 1. The van der Waals surface area contributed by atoms with Crippen molar-refractivity contribution in [3.05, 3.63) is 112 Å². The topological polar surface area (TPSA) is 23.5 Å². The molecule has 0 saturated carbocycles. The van der Waals surface area contributed by atoms with Gasteiger partial charge in [0.15, 0.2) is 0 Å². The third kappa shape index (κ3) is 3.70. The summed E-state index contributed by atoms with van der Waals surface area (Å²) in [6.07, 6.45) is 0. The van der Waals surface area contributed by atoms with E-state index in [1.165, 1.54) is 22.5 Å². The molecule has 0 aliphatic carbocycles. The van der Waals surface area contributed by atoms with Crippen LogP contribution in [0, 0.1) is 0 Å². The van der Waals surface area contributed by atoms with Gasteiger partial charge in [-0.05, 0) is 84.1 Å². The van der Waals surface area contributed by atoms with E-state index in [0.717, 1.165) is 26.9 Å². The van der Waals surface area contributed by atoms with Gasteiger partial charge in [0.2, 0.25) is 0 Å². The summed E-state index contributed by atoms with van der Waals surface area (Å²) in [6.45, 7) is 8.28. The summed E-state index contributed by atoms with van der Waals surface area (Å²) in [6, 6.07) is 32.1. The number of rotatable bonds is 3. The number of aliphatic hydroxyl groups is 1. The van der Waals surface area contributed by atoms with Crippen molar-refractivity contribution in [1.82, 2.24) is 0 Å². The van der Waals surface area contributed by atoms with E-state index < -0.39 is 5.60 Å². The maximum atomic E-state index is 10.9. The molecule has 4 aromatic rings. The molecule has 0 unspecified atom stereocenters. The van der Waals surface area contributed by atoms with Gasteiger partial charge < -0.3 is 10.0 Å². The van der Waals surface area contributed by atoms with E-state index in [0.29, 0.717) is 0 Å². The Bertz CT molecular complexity index is 1340. The fourth-order valence-corrected chi connectivity index (χ4v) is 5.36. The molecule has 4 aromatic carbocycles. The summed E-state index contributed by atoms with van der Waals surface area (Å²) in [5.41, 5.74) is 8.08. The Kier molecular flexibility index (Phi) is 5.23. The van der Waals surface area contributed by atoms with Crippen LogP contribution in [-0.4, -0.2) is 5.11 Å². The molecule has 1 heterocycles. The molecule has 0 amide bonds. The summed E-state index contributed by atoms with van der Waals surface area (Å²) in [5.74, 6) is 0. The van der Waals surface area contributed by atoms with Gasteiger partial charge in [-0.2, -0.15) is 0 Å². The first-order valence-electron chi connectivity index (χ1n) is 11.3. The molecule has 2 nitrogen and oxygen atoms in total. The molecule has 0 aromatic heterocycles. The van der Waals surface area contributed by atoms with E-state index >= 15 is 0 Å². The van der Waals surface area contributed by atoms with Gasteiger partial charge in [-0.1, -0.05) is 78.3 Å². The fraction of sp³-hybridized carbons (Fsp3) is 0.200. The first-order chi connectivity index (χ1) is 15.7.